The van der Waals surface area contributed by atoms with Gasteiger partial charge in [-0.05, 0) is 20.8 Å². The number of amides is 2. The number of halogens is 6. The highest BCUT2D eigenvalue weighted by Crippen LogP contribution is 2.40. The summed E-state index contributed by atoms with van der Waals surface area (Å²) in [6.07, 6.45) is -10.9. The highest BCUT2D eigenvalue weighted by molar-refractivity contribution is 6.15. The quantitative estimate of drug-likeness (QED) is 0.209. The average Bonchev–Trinajstić information content (AvgIpc) is 2.60. The van der Waals surface area contributed by atoms with Gasteiger partial charge in [-0.1, -0.05) is 0 Å². The smallest absolute Gasteiger partial charge is 0.419 e. The van der Waals surface area contributed by atoms with Crippen LogP contribution in [0.15, 0.2) is 6.07 Å². The molecule has 0 radical (unpaired) electrons. The number of ether oxygens (including phenoxy) is 2. The molecular weight excluding hydrogens is 442 g/mol. The first-order valence-electron chi connectivity index (χ1n) is 8.16. The normalized spacial score (nSPS) is 11.5. The minimum absolute atomic E-state index is 0.0133. The molecule has 1 aromatic rings. The molecule has 0 aliphatic rings. The molecule has 0 bridgehead atoms. The number of carbonyl (C=O) groups excluding carboxylic acids is 3. The lowest BCUT2D eigenvalue weighted by molar-refractivity contribution is -0.190. The first-order chi connectivity index (χ1) is 14.0. The number of benzene rings is 1. The Balaban J connectivity index is 3.77. The molecule has 0 aliphatic carbocycles. The lowest BCUT2D eigenvalue weighted by Gasteiger charge is -2.27. The van der Waals surface area contributed by atoms with Crippen LogP contribution in [0.2, 0.25) is 0 Å². The van der Waals surface area contributed by atoms with Crippen LogP contribution in [-0.2, 0) is 9.59 Å². The molecule has 0 heterocycles. The van der Waals surface area contributed by atoms with Crippen molar-refractivity contribution in [1.29, 1.82) is 5.41 Å². The maximum atomic E-state index is 12.6. The Bertz CT molecular complexity index is 861. The molecule has 172 valence electrons. The second-order valence-electron chi connectivity index (χ2n) is 5.80. The largest absolute Gasteiger partial charge is 0.491 e. The molecule has 0 aromatic heterocycles. The third-order valence-corrected chi connectivity index (χ3v) is 3.58. The first kappa shape index (κ1) is 25.5. The van der Waals surface area contributed by atoms with Gasteiger partial charge in [0, 0.05) is 23.7 Å². The van der Waals surface area contributed by atoms with Crippen LogP contribution in [0, 0.1) is 19.3 Å². The van der Waals surface area contributed by atoms with E-state index < -0.39 is 53.5 Å². The number of carbonyl (C=O) groups is 3. The van der Waals surface area contributed by atoms with Crippen molar-refractivity contribution in [3.63, 3.8) is 0 Å². The van der Waals surface area contributed by atoms with E-state index in [2.05, 4.69) is 14.8 Å². The van der Waals surface area contributed by atoms with Crippen LogP contribution in [0.4, 0.5) is 36.8 Å². The highest BCUT2D eigenvalue weighted by Gasteiger charge is 2.43. The van der Waals surface area contributed by atoms with Crippen LogP contribution in [0.3, 0.4) is 0 Å². The van der Waals surface area contributed by atoms with Crippen LogP contribution >= 0.6 is 0 Å². The molecular formula is C16H16F6N4O5. The van der Waals surface area contributed by atoms with Crippen molar-refractivity contribution in [2.45, 2.75) is 33.1 Å². The first-order valence-corrected chi connectivity index (χ1v) is 8.16. The van der Waals surface area contributed by atoms with Crippen LogP contribution < -0.4 is 25.4 Å². The highest BCUT2D eigenvalue weighted by atomic mass is 19.4. The van der Waals surface area contributed by atoms with E-state index in [9.17, 15) is 40.7 Å². The zero-order valence-corrected chi connectivity index (χ0v) is 16.1. The number of nitrogens with zero attached hydrogens (tertiary/aromatic N) is 1. The van der Waals surface area contributed by atoms with Gasteiger partial charge < -0.3 is 20.5 Å². The number of urea groups is 1. The Morgan fingerprint density at radius 1 is 1.00 bits per heavy atom. The fraction of sp³-hybridized carbons (Fsp3) is 0.375. The Kier molecular flexibility index (Phi) is 7.49. The monoisotopic (exact) mass is 458 g/mol. The van der Waals surface area contributed by atoms with E-state index in [0.717, 1.165) is 13.8 Å². The molecule has 0 atom stereocenters. The van der Waals surface area contributed by atoms with Gasteiger partial charge in [0.1, 0.15) is 11.5 Å². The standard InChI is InChI=1S/C16H16F6N4O5/c1-4-25-14(29)26(13(23)24)10-6(2)8(30-11(27)15(17,18)19)5-9(7(10)3)31-12(28)16(20,21)22/h5H,4H2,1-3H3,(H3,23,24)(H,25,29). The molecule has 0 saturated heterocycles. The van der Waals surface area contributed by atoms with E-state index >= 15 is 0 Å². The van der Waals surface area contributed by atoms with Gasteiger partial charge in [-0.2, -0.15) is 26.3 Å². The Labute approximate surface area is 170 Å². The summed E-state index contributed by atoms with van der Waals surface area (Å²) >= 11 is 0. The second-order valence-corrected chi connectivity index (χ2v) is 5.80. The molecule has 0 spiro atoms. The van der Waals surface area contributed by atoms with Crippen molar-refractivity contribution < 1.29 is 50.2 Å². The Morgan fingerprint density at radius 2 is 1.39 bits per heavy atom. The van der Waals surface area contributed by atoms with Crippen LogP contribution in [0.5, 0.6) is 11.5 Å². The lowest BCUT2D eigenvalue weighted by atomic mass is 10.1. The van der Waals surface area contributed by atoms with Gasteiger partial charge in [0.05, 0.1) is 5.69 Å². The molecule has 2 amide bonds. The average molecular weight is 458 g/mol. The molecule has 4 N–H and O–H groups in total. The van der Waals surface area contributed by atoms with Gasteiger partial charge in [0.15, 0.2) is 0 Å². The van der Waals surface area contributed by atoms with Crippen LogP contribution in [0.25, 0.3) is 0 Å². The predicted molar refractivity (Wildman–Crippen MR) is 92.8 cm³/mol. The molecule has 0 unspecified atom stereocenters. The van der Waals surface area contributed by atoms with Gasteiger partial charge in [0.2, 0.25) is 5.96 Å². The van der Waals surface area contributed by atoms with E-state index in [1.165, 1.54) is 6.92 Å². The number of hydrogen-bond donors (Lipinski definition) is 3. The summed E-state index contributed by atoms with van der Waals surface area (Å²) in [6, 6.07) is -0.633. The minimum Gasteiger partial charge on any atom is -0.419 e. The summed E-state index contributed by atoms with van der Waals surface area (Å²) in [5.41, 5.74) is 4.05. The molecule has 9 nitrogen and oxygen atoms in total. The maximum absolute atomic E-state index is 12.6. The van der Waals surface area contributed by atoms with Gasteiger partial charge in [-0.3, -0.25) is 5.41 Å². The number of rotatable bonds is 4. The zero-order chi connectivity index (χ0) is 24.3. The van der Waals surface area contributed by atoms with E-state index in [-0.39, 0.29) is 17.7 Å². The molecule has 31 heavy (non-hydrogen) atoms. The minimum atomic E-state index is -5.47. The van der Waals surface area contributed by atoms with Gasteiger partial charge in [0.25, 0.3) is 0 Å². The van der Waals surface area contributed by atoms with E-state index in [1.807, 2.05) is 0 Å². The van der Waals surface area contributed by atoms with E-state index in [4.69, 9.17) is 11.1 Å². The van der Waals surface area contributed by atoms with Crippen molar-refractivity contribution >= 4 is 29.6 Å². The molecule has 0 saturated carbocycles. The summed E-state index contributed by atoms with van der Waals surface area (Å²) in [4.78, 5) is 35.1. The van der Waals surface area contributed by atoms with E-state index in [0.29, 0.717) is 11.0 Å². The molecule has 15 heteroatoms. The maximum Gasteiger partial charge on any atom is 0.491 e. The molecule has 0 aliphatic heterocycles. The SMILES string of the molecule is CCNC(=O)N(C(=N)N)c1c(C)c(OC(=O)C(F)(F)F)cc(OC(=O)C(F)(F)F)c1C. The third kappa shape index (κ3) is 5.99. The molecule has 0 fully saturated rings. The Hall–Kier alpha value is -3.52. The summed E-state index contributed by atoms with van der Waals surface area (Å²) in [5.74, 6) is -8.41. The van der Waals surface area contributed by atoms with Crippen LogP contribution in [0.1, 0.15) is 18.1 Å². The Morgan fingerprint density at radius 3 is 1.68 bits per heavy atom. The van der Waals surface area contributed by atoms with Crippen molar-refractivity contribution in [2.75, 3.05) is 11.4 Å². The molecule has 1 rings (SSSR count). The lowest BCUT2D eigenvalue weighted by Crippen LogP contribution is -2.48. The number of hydrogen-bond acceptors (Lipinski definition) is 6. The van der Waals surface area contributed by atoms with Gasteiger partial charge >= 0.3 is 30.3 Å². The number of guanidine groups is 1. The summed E-state index contributed by atoms with van der Waals surface area (Å²) in [6.45, 7) is 3.59. The topological polar surface area (TPSA) is 135 Å². The summed E-state index contributed by atoms with van der Waals surface area (Å²) in [7, 11) is 0. The van der Waals surface area contributed by atoms with Crippen molar-refractivity contribution in [3.8, 4) is 11.5 Å². The second kappa shape index (κ2) is 9.09. The zero-order valence-electron chi connectivity index (χ0n) is 16.1. The van der Waals surface area contributed by atoms with Crippen molar-refractivity contribution in [3.05, 3.63) is 17.2 Å². The van der Waals surface area contributed by atoms with Crippen molar-refractivity contribution in [2.24, 2.45) is 5.73 Å². The number of esters is 2. The van der Waals surface area contributed by atoms with Crippen molar-refractivity contribution in [1.82, 2.24) is 5.32 Å². The fourth-order valence-corrected chi connectivity index (χ4v) is 2.27. The van der Waals surface area contributed by atoms with Gasteiger partial charge in [-0.15, -0.1) is 0 Å². The number of anilines is 1. The third-order valence-electron chi connectivity index (χ3n) is 3.58. The fourth-order valence-electron chi connectivity index (χ4n) is 2.27. The number of alkyl halides is 6. The van der Waals surface area contributed by atoms with Gasteiger partial charge in [-0.25, -0.2) is 19.3 Å². The summed E-state index contributed by atoms with van der Waals surface area (Å²) < 4.78 is 83.9. The van der Waals surface area contributed by atoms with Crippen LogP contribution in [-0.4, -0.2) is 42.8 Å². The number of nitrogens with one attached hydrogen (secondary N) is 2. The number of nitrogens with two attached hydrogens (primary N) is 1. The summed E-state index contributed by atoms with van der Waals surface area (Å²) in [5, 5.41) is 9.82. The predicted octanol–water partition coefficient (Wildman–Crippen LogP) is 2.67. The molecule has 1 aromatic carbocycles. The van der Waals surface area contributed by atoms with E-state index in [1.54, 1.807) is 0 Å².